The van der Waals surface area contributed by atoms with Crippen LogP contribution < -0.4 is 4.74 Å². The van der Waals surface area contributed by atoms with Crippen molar-refractivity contribution in [3.63, 3.8) is 0 Å². The molecule has 0 radical (unpaired) electrons. The molecule has 1 atom stereocenters. The molecule has 0 bridgehead atoms. The van der Waals surface area contributed by atoms with Crippen LogP contribution in [0.25, 0.3) is 0 Å². The molecule has 0 spiro atoms. The molecule has 2 aliphatic rings. The molecule has 1 unspecified atom stereocenters. The highest BCUT2D eigenvalue weighted by Gasteiger charge is 2.51. The second-order valence-electron chi connectivity index (χ2n) is 5.59. The second kappa shape index (κ2) is 5.16. The zero-order chi connectivity index (χ0) is 16.8. The predicted molar refractivity (Wildman–Crippen MR) is 81.2 cm³/mol. The summed E-state index contributed by atoms with van der Waals surface area (Å²) in [6.45, 7) is 1.68. The van der Waals surface area contributed by atoms with Gasteiger partial charge in [0.1, 0.15) is 5.75 Å². The van der Waals surface area contributed by atoms with Crippen LogP contribution in [0.3, 0.4) is 0 Å². The third-order valence-electron chi connectivity index (χ3n) is 4.10. The molecule has 1 aromatic carbocycles. The van der Waals surface area contributed by atoms with Crippen molar-refractivity contribution in [1.82, 2.24) is 4.31 Å². The van der Waals surface area contributed by atoms with Crippen LogP contribution in [0.4, 0.5) is 0 Å². The highest BCUT2D eigenvalue weighted by Crippen LogP contribution is 2.41. The lowest BCUT2D eigenvalue weighted by molar-refractivity contribution is -0.132. The Hall–Kier alpha value is -2.22. The highest BCUT2D eigenvalue weighted by molar-refractivity contribution is 7.89. The summed E-state index contributed by atoms with van der Waals surface area (Å²) in [7, 11) is -2.06. The second-order valence-corrected chi connectivity index (χ2v) is 7.60. The summed E-state index contributed by atoms with van der Waals surface area (Å²) in [6.07, 6.45) is 0.423. The molecular formula is C15H17NO6S. The summed E-state index contributed by atoms with van der Waals surface area (Å²) in [5.74, 6) is -1.14. The largest absolute Gasteiger partial charge is 0.501 e. The van der Waals surface area contributed by atoms with Gasteiger partial charge in [0.2, 0.25) is 15.8 Å². The zero-order valence-corrected chi connectivity index (χ0v) is 13.6. The van der Waals surface area contributed by atoms with Gasteiger partial charge in [0, 0.05) is 12.1 Å². The number of hydrogen-bond acceptors (Lipinski definition) is 6. The molecular weight excluding hydrogens is 322 g/mol. The molecule has 0 amide bonds. The van der Waals surface area contributed by atoms with Crippen molar-refractivity contribution in [1.29, 1.82) is 0 Å². The number of ether oxygens (including phenoxy) is 2. The minimum atomic E-state index is -3.56. The van der Waals surface area contributed by atoms with E-state index in [4.69, 9.17) is 9.47 Å². The van der Waals surface area contributed by atoms with Gasteiger partial charge in [-0.05, 0) is 25.5 Å². The van der Waals surface area contributed by atoms with Crippen molar-refractivity contribution in [2.45, 2.75) is 18.9 Å². The lowest BCUT2D eigenvalue weighted by Crippen LogP contribution is -2.32. The molecule has 2 heterocycles. The van der Waals surface area contributed by atoms with E-state index in [1.54, 1.807) is 24.3 Å². The van der Waals surface area contributed by atoms with Crippen molar-refractivity contribution in [2.75, 3.05) is 19.4 Å². The first-order chi connectivity index (χ1) is 10.8. The van der Waals surface area contributed by atoms with Crippen molar-refractivity contribution in [3.05, 3.63) is 41.5 Å². The monoisotopic (exact) mass is 339 g/mol. The molecule has 0 saturated carbocycles. The van der Waals surface area contributed by atoms with Gasteiger partial charge in [-0.25, -0.2) is 12.7 Å². The maximum atomic E-state index is 12.5. The highest BCUT2D eigenvalue weighted by atomic mass is 32.2. The maximum Gasteiger partial charge on any atom is 0.252 e. The number of carbonyl (C=O) groups is 1. The Balaban J connectivity index is 2.01. The number of methoxy groups -OCH3 is 1. The Bertz CT molecular complexity index is 800. The van der Waals surface area contributed by atoms with Crippen LogP contribution in [-0.4, -0.2) is 43.0 Å². The van der Waals surface area contributed by atoms with E-state index in [2.05, 4.69) is 0 Å². The third-order valence-corrected chi connectivity index (χ3v) is 5.92. The van der Waals surface area contributed by atoms with Gasteiger partial charge in [0.05, 0.1) is 12.9 Å². The summed E-state index contributed by atoms with van der Waals surface area (Å²) in [5, 5.41) is 10.1. The van der Waals surface area contributed by atoms with E-state index < -0.39 is 27.2 Å². The molecule has 124 valence electrons. The van der Waals surface area contributed by atoms with Gasteiger partial charge < -0.3 is 14.6 Å². The van der Waals surface area contributed by atoms with Crippen molar-refractivity contribution in [2.24, 2.45) is 0 Å². The Morgan fingerprint density at radius 2 is 2.13 bits per heavy atom. The lowest BCUT2D eigenvalue weighted by atomic mass is 9.91. The van der Waals surface area contributed by atoms with Crippen LogP contribution in [0.1, 0.15) is 18.9 Å². The van der Waals surface area contributed by atoms with E-state index >= 15 is 0 Å². The Kier molecular flexibility index (Phi) is 3.51. The van der Waals surface area contributed by atoms with Crippen LogP contribution in [0, 0.1) is 0 Å². The van der Waals surface area contributed by atoms with Gasteiger partial charge in [-0.15, -0.1) is 0 Å². The van der Waals surface area contributed by atoms with E-state index in [0.29, 0.717) is 17.7 Å². The average Bonchev–Trinajstić information content (AvgIpc) is 2.99. The number of Topliss-reactive ketones (excluding diaryl/α,β-unsaturated/α-hetero) is 1. The van der Waals surface area contributed by atoms with E-state index in [-0.39, 0.29) is 18.2 Å². The topological polar surface area (TPSA) is 93.1 Å². The molecule has 1 aromatic rings. The summed E-state index contributed by atoms with van der Waals surface area (Å²) in [4.78, 5) is 12.5. The minimum Gasteiger partial charge on any atom is -0.501 e. The van der Waals surface area contributed by atoms with Gasteiger partial charge in [-0.3, -0.25) is 4.79 Å². The number of ketones is 1. The number of sulfonamides is 1. The van der Waals surface area contributed by atoms with Crippen LogP contribution in [-0.2, 0) is 25.2 Å². The van der Waals surface area contributed by atoms with Crippen molar-refractivity contribution < 1.29 is 27.8 Å². The summed E-state index contributed by atoms with van der Waals surface area (Å²) < 4.78 is 35.8. The van der Waals surface area contributed by atoms with E-state index in [1.807, 2.05) is 0 Å². The fourth-order valence-corrected chi connectivity index (χ4v) is 4.26. The van der Waals surface area contributed by atoms with Gasteiger partial charge in [-0.2, -0.15) is 0 Å². The quantitative estimate of drug-likeness (QED) is 0.891. The van der Waals surface area contributed by atoms with Crippen LogP contribution in [0.2, 0.25) is 0 Å². The molecule has 8 heteroatoms. The summed E-state index contributed by atoms with van der Waals surface area (Å²) >= 11 is 0. The lowest BCUT2D eigenvalue weighted by Gasteiger charge is -2.26. The molecule has 3 rings (SSSR count). The molecule has 0 aromatic heterocycles. The number of nitrogens with zero attached hydrogens (tertiary/aromatic N) is 1. The fourth-order valence-electron chi connectivity index (χ4n) is 2.76. The predicted octanol–water partition coefficient (Wildman–Crippen LogP) is 1.27. The number of benzene rings is 1. The van der Waals surface area contributed by atoms with Gasteiger partial charge in [0.25, 0.3) is 11.7 Å². The van der Waals surface area contributed by atoms with Crippen LogP contribution >= 0.6 is 0 Å². The first kappa shape index (κ1) is 15.7. The van der Waals surface area contributed by atoms with Crippen LogP contribution in [0.15, 0.2) is 35.9 Å². The first-order valence-corrected chi connectivity index (χ1v) is 8.72. The van der Waals surface area contributed by atoms with E-state index in [1.165, 1.54) is 14.0 Å². The smallest absolute Gasteiger partial charge is 0.252 e. The standard InChI is InChI=1S/C15H17NO6S/c1-15(10-5-3-6-11(9-10)21-2)13(18)12(17)14(22-15)16-7-4-8-23(16,19)20/h3,5-6,9,17H,4,7-8H2,1-2H3. The average molecular weight is 339 g/mol. The fraction of sp³-hybridized carbons (Fsp3) is 0.400. The molecule has 23 heavy (non-hydrogen) atoms. The van der Waals surface area contributed by atoms with Gasteiger partial charge in [0.15, 0.2) is 5.60 Å². The molecule has 0 aliphatic carbocycles. The number of carbonyl (C=O) groups excluding carboxylic acids is 1. The number of rotatable bonds is 3. The summed E-state index contributed by atoms with van der Waals surface area (Å²) in [5.41, 5.74) is -1.02. The Morgan fingerprint density at radius 3 is 2.74 bits per heavy atom. The van der Waals surface area contributed by atoms with E-state index in [9.17, 15) is 18.3 Å². The molecule has 1 N–H and O–H groups in total. The zero-order valence-electron chi connectivity index (χ0n) is 12.8. The number of aliphatic hydroxyl groups is 1. The normalized spacial score (nSPS) is 26.5. The van der Waals surface area contributed by atoms with Crippen LogP contribution in [0.5, 0.6) is 5.75 Å². The number of aliphatic hydroxyl groups excluding tert-OH is 1. The first-order valence-electron chi connectivity index (χ1n) is 7.11. The third kappa shape index (κ3) is 2.33. The number of hydrogen-bond donors (Lipinski definition) is 1. The Morgan fingerprint density at radius 1 is 1.39 bits per heavy atom. The van der Waals surface area contributed by atoms with Crippen molar-refractivity contribution in [3.8, 4) is 5.75 Å². The van der Waals surface area contributed by atoms with Gasteiger partial charge in [-0.1, -0.05) is 12.1 Å². The minimum absolute atomic E-state index is 0.0306. The van der Waals surface area contributed by atoms with E-state index in [0.717, 1.165) is 4.31 Å². The van der Waals surface area contributed by atoms with Crippen molar-refractivity contribution >= 4 is 15.8 Å². The molecule has 2 aliphatic heterocycles. The Labute approximate surface area is 134 Å². The molecule has 7 nitrogen and oxygen atoms in total. The SMILES string of the molecule is COc1cccc(C2(C)OC(N3CCCS3(=O)=O)=C(O)C2=O)c1. The van der Waals surface area contributed by atoms with Gasteiger partial charge >= 0.3 is 0 Å². The molecule has 1 saturated heterocycles. The molecule has 1 fully saturated rings. The maximum absolute atomic E-state index is 12.5. The summed E-state index contributed by atoms with van der Waals surface area (Å²) in [6, 6.07) is 6.69.